The molecule has 0 spiro atoms. The van der Waals surface area contributed by atoms with Crippen molar-refractivity contribution in [3.05, 3.63) is 89.1 Å². The molecular formula is C31H35ClN4O3. The average molecular weight is 547 g/mol. The van der Waals surface area contributed by atoms with Crippen LogP contribution < -0.4 is 4.74 Å². The van der Waals surface area contributed by atoms with Crippen LogP contribution in [0, 0.1) is 0 Å². The molecule has 0 saturated carbocycles. The van der Waals surface area contributed by atoms with E-state index in [1.165, 1.54) is 0 Å². The number of ether oxygens (including phenoxy) is 2. The molecule has 3 saturated heterocycles. The van der Waals surface area contributed by atoms with E-state index in [-0.39, 0.29) is 24.2 Å². The van der Waals surface area contributed by atoms with Gasteiger partial charge in [0.25, 0.3) is 0 Å². The summed E-state index contributed by atoms with van der Waals surface area (Å²) in [5.74, 6) is 1.38. The van der Waals surface area contributed by atoms with E-state index in [0.717, 1.165) is 75.4 Å². The molecule has 1 atom stereocenters. The molecule has 0 N–H and O–H groups in total. The number of carbonyl (C=O) groups excluding carboxylic acids is 1. The van der Waals surface area contributed by atoms with Crippen LogP contribution in [0.5, 0.6) is 11.6 Å². The first-order chi connectivity index (χ1) is 19.1. The number of piperidine rings is 1. The molecule has 0 aliphatic carbocycles. The molecule has 1 unspecified atom stereocenters. The number of amides is 2. The van der Waals surface area contributed by atoms with Crippen molar-refractivity contribution >= 4 is 17.6 Å². The lowest BCUT2D eigenvalue weighted by atomic mass is 9.98. The molecular weight excluding hydrogens is 512 g/mol. The van der Waals surface area contributed by atoms with Crippen molar-refractivity contribution < 1.29 is 14.3 Å². The topological polar surface area (TPSA) is 58.1 Å². The molecule has 4 heterocycles. The Morgan fingerprint density at radius 2 is 1.72 bits per heavy atom. The summed E-state index contributed by atoms with van der Waals surface area (Å²) in [7, 11) is 0. The van der Waals surface area contributed by atoms with E-state index in [1.807, 2.05) is 60.8 Å². The van der Waals surface area contributed by atoms with Gasteiger partial charge in [-0.3, -0.25) is 4.90 Å². The Morgan fingerprint density at radius 3 is 2.44 bits per heavy atom. The van der Waals surface area contributed by atoms with Crippen LogP contribution >= 0.6 is 11.6 Å². The van der Waals surface area contributed by atoms with Crippen LogP contribution in [0.4, 0.5) is 4.79 Å². The van der Waals surface area contributed by atoms with Crippen LogP contribution in [-0.2, 0) is 11.3 Å². The lowest BCUT2D eigenvalue weighted by Crippen LogP contribution is -2.48. The van der Waals surface area contributed by atoms with Gasteiger partial charge < -0.3 is 19.3 Å². The minimum atomic E-state index is 0.0250. The van der Waals surface area contributed by atoms with Crippen molar-refractivity contribution in [2.75, 3.05) is 32.8 Å². The number of nitrogens with zero attached hydrogens (tertiary/aromatic N) is 4. The zero-order chi connectivity index (χ0) is 26.6. The molecule has 6 rings (SSSR count). The highest BCUT2D eigenvalue weighted by Crippen LogP contribution is 2.37. The van der Waals surface area contributed by atoms with E-state index in [4.69, 9.17) is 21.1 Å². The summed E-state index contributed by atoms with van der Waals surface area (Å²) in [5, 5.41) is 0.716. The molecule has 3 aliphatic heterocycles. The Bertz CT molecular complexity index is 1240. The third kappa shape index (κ3) is 6.06. The second-order valence-corrected chi connectivity index (χ2v) is 11.1. The first-order valence-electron chi connectivity index (χ1n) is 14.0. The van der Waals surface area contributed by atoms with E-state index in [0.29, 0.717) is 17.4 Å². The molecule has 3 aromatic rings. The minimum absolute atomic E-state index is 0.0250. The molecule has 8 heteroatoms. The van der Waals surface area contributed by atoms with E-state index in [9.17, 15) is 4.79 Å². The minimum Gasteiger partial charge on any atom is -0.439 e. The molecule has 7 nitrogen and oxygen atoms in total. The highest BCUT2D eigenvalue weighted by Gasteiger charge is 2.45. The van der Waals surface area contributed by atoms with Crippen molar-refractivity contribution in [3.63, 3.8) is 0 Å². The van der Waals surface area contributed by atoms with Crippen molar-refractivity contribution in [1.82, 2.24) is 19.7 Å². The summed E-state index contributed by atoms with van der Waals surface area (Å²) < 4.78 is 11.4. The predicted octanol–water partition coefficient (Wildman–Crippen LogP) is 6.15. The Kier molecular flexibility index (Phi) is 8.00. The summed E-state index contributed by atoms with van der Waals surface area (Å²) in [6.07, 6.45) is 5.61. The van der Waals surface area contributed by atoms with Gasteiger partial charge in [-0.2, -0.15) is 0 Å². The number of halogens is 1. The fourth-order valence-electron chi connectivity index (χ4n) is 6.11. The van der Waals surface area contributed by atoms with Crippen LogP contribution in [0.25, 0.3) is 0 Å². The van der Waals surface area contributed by atoms with Crippen LogP contribution in [0.2, 0.25) is 5.02 Å². The Balaban J connectivity index is 1.10. The number of aromatic nitrogens is 1. The number of hydrogen-bond acceptors (Lipinski definition) is 5. The smallest absolute Gasteiger partial charge is 0.321 e. The van der Waals surface area contributed by atoms with Crippen molar-refractivity contribution in [2.24, 2.45) is 0 Å². The van der Waals surface area contributed by atoms with Gasteiger partial charge in [0.2, 0.25) is 5.88 Å². The second kappa shape index (κ2) is 11.9. The normalized spacial score (nSPS) is 21.5. The zero-order valence-corrected chi connectivity index (χ0v) is 22.9. The molecule has 0 bridgehead atoms. The number of hydrogen-bond donors (Lipinski definition) is 0. The number of para-hydroxylation sites is 1. The molecule has 2 aromatic carbocycles. The highest BCUT2D eigenvalue weighted by atomic mass is 35.5. The molecule has 204 valence electrons. The van der Waals surface area contributed by atoms with E-state index in [2.05, 4.69) is 31.8 Å². The summed E-state index contributed by atoms with van der Waals surface area (Å²) in [4.78, 5) is 25.1. The first kappa shape index (κ1) is 26.1. The zero-order valence-electron chi connectivity index (χ0n) is 22.1. The van der Waals surface area contributed by atoms with Gasteiger partial charge >= 0.3 is 6.03 Å². The first-order valence-corrected chi connectivity index (χ1v) is 14.3. The summed E-state index contributed by atoms with van der Waals surface area (Å²) >= 11 is 6.37. The average Bonchev–Trinajstić information content (AvgIpc) is 3.32. The molecule has 3 aliphatic rings. The van der Waals surface area contributed by atoms with Crippen molar-refractivity contribution in [1.29, 1.82) is 0 Å². The van der Waals surface area contributed by atoms with Crippen LogP contribution in [0.15, 0.2) is 72.9 Å². The Morgan fingerprint density at radius 1 is 0.923 bits per heavy atom. The van der Waals surface area contributed by atoms with Gasteiger partial charge in [0.1, 0.15) is 5.75 Å². The van der Waals surface area contributed by atoms with Crippen molar-refractivity contribution in [2.45, 2.75) is 50.4 Å². The standard InChI is InChI=1S/C31H35ClN4O3/c32-25-6-4-5-24(19-25)29-22-35(26-13-17-38-18-14-26)31(37)36(29)27-11-15-34(16-12-27)21-23-9-10-30(33-20-23)39-28-7-2-1-3-8-28/h1-10,19-20,26-27,29H,11-18,21-22H2. The Labute approximate surface area is 235 Å². The number of pyridine rings is 1. The van der Waals surface area contributed by atoms with Crippen LogP contribution in [0.1, 0.15) is 42.9 Å². The van der Waals surface area contributed by atoms with E-state index in [1.54, 1.807) is 0 Å². The van der Waals surface area contributed by atoms with Gasteiger partial charge in [0.05, 0.1) is 6.04 Å². The highest BCUT2D eigenvalue weighted by molar-refractivity contribution is 6.30. The van der Waals surface area contributed by atoms with Gasteiger partial charge in [0.15, 0.2) is 0 Å². The SMILES string of the molecule is O=C1N(C2CCOCC2)CC(c2cccc(Cl)c2)N1C1CCN(Cc2ccc(Oc3ccccc3)nc2)CC1. The van der Waals surface area contributed by atoms with Gasteiger partial charge in [0, 0.05) is 68.8 Å². The van der Waals surface area contributed by atoms with E-state index >= 15 is 0 Å². The lowest BCUT2D eigenvalue weighted by Gasteiger charge is -2.39. The molecule has 3 fully saturated rings. The van der Waals surface area contributed by atoms with Gasteiger partial charge in [-0.1, -0.05) is 48.0 Å². The quantitative estimate of drug-likeness (QED) is 0.356. The third-order valence-electron chi connectivity index (χ3n) is 8.16. The largest absolute Gasteiger partial charge is 0.439 e. The molecule has 2 amide bonds. The summed E-state index contributed by atoms with van der Waals surface area (Å²) in [6.45, 7) is 4.89. The second-order valence-electron chi connectivity index (χ2n) is 10.7. The molecule has 1 aromatic heterocycles. The number of likely N-dealkylation sites (tertiary alicyclic amines) is 1. The number of rotatable bonds is 7. The van der Waals surface area contributed by atoms with E-state index < -0.39 is 0 Å². The van der Waals surface area contributed by atoms with Gasteiger partial charge in [-0.15, -0.1) is 0 Å². The fraction of sp³-hybridized carbons (Fsp3) is 0.419. The number of benzene rings is 2. The molecule has 39 heavy (non-hydrogen) atoms. The van der Waals surface area contributed by atoms with Gasteiger partial charge in [-0.25, -0.2) is 9.78 Å². The fourth-order valence-corrected chi connectivity index (χ4v) is 6.31. The Hall–Kier alpha value is -3.13. The van der Waals surface area contributed by atoms with Gasteiger partial charge in [-0.05, 0) is 61.1 Å². The maximum absolute atomic E-state index is 13.9. The monoisotopic (exact) mass is 546 g/mol. The molecule has 0 radical (unpaired) electrons. The number of carbonyl (C=O) groups is 1. The van der Waals surface area contributed by atoms with Crippen molar-refractivity contribution in [3.8, 4) is 11.6 Å². The summed E-state index contributed by atoms with van der Waals surface area (Å²) in [5.41, 5.74) is 2.28. The summed E-state index contributed by atoms with van der Waals surface area (Å²) in [6, 6.07) is 22.4. The maximum atomic E-state index is 13.9. The third-order valence-corrected chi connectivity index (χ3v) is 8.39. The number of urea groups is 1. The van der Waals surface area contributed by atoms with Crippen LogP contribution in [-0.4, -0.2) is 70.6 Å². The maximum Gasteiger partial charge on any atom is 0.321 e. The van der Waals surface area contributed by atoms with Crippen LogP contribution in [0.3, 0.4) is 0 Å². The lowest BCUT2D eigenvalue weighted by molar-refractivity contribution is 0.0493. The predicted molar refractivity (Wildman–Crippen MR) is 151 cm³/mol.